The van der Waals surface area contributed by atoms with Gasteiger partial charge in [-0.15, -0.1) is 0 Å². The quantitative estimate of drug-likeness (QED) is 0.449. The Kier molecular flexibility index (Phi) is 21.0. The minimum atomic E-state index is 0.219. The highest BCUT2D eigenvalue weighted by Crippen LogP contribution is 1.62. The molecule has 0 aromatic carbocycles. The molecule has 0 aliphatic rings. The monoisotopic (exact) mass is 119 g/mol. The molecule has 0 radical (unpaired) electrons. The molecule has 0 aliphatic carbocycles. The van der Waals surface area contributed by atoms with Crippen LogP contribution >= 0.6 is 0 Å². The van der Waals surface area contributed by atoms with Crippen molar-refractivity contribution in [3.8, 4) is 0 Å². The predicted molar refractivity (Wildman–Crippen MR) is 33.6 cm³/mol. The van der Waals surface area contributed by atoms with Crippen molar-refractivity contribution in [3.63, 3.8) is 0 Å². The Morgan fingerprint density at radius 1 is 1.62 bits per heavy atom. The molecule has 0 aromatic heterocycles. The molecule has 4 N–H and O–H groups in total. The van der Waals surface area contributed by atoms with E-state index in [1.807, 2.05) is 0 Å². The third kappa shape index (κ3) is 51.0. The van der Waals surface area contributed by atoms with Gasteiger partial charge in [-0.2, -0.15) is 0 Å². The summed E-state index contributed by atoms with van der Waals surface area (Å²) in [4.78, 5) is 0. The maximum absolute atomic E-state index is 7.99. The number of aliphatic hydroxyl groups is 2. The van der Waals surface area contributed by atoms with Gasteiger partial charge in [0, 0.05) is 6.61 Å². The maximum Gasteiger partial charge on any atom is 0.0719 e. The fourth-order valence-electron chi connectivity index (χ4n) is 0.0913. The first-order valence-corrected chi connectivity index (χ1v) is 2.39. The van der Waals surface area contributed by atoms with Crippen LogP contribution in [0.4, 0.5) is 0 Å². The summed E-state index contributed by atoms with van der Waals surface area (Å²) in [6.45, 7) is 3.73. The fourth-order valence-corrected chi connectivity index (χ4v) is 0.0913. The van der Waals surface area contributed by atoms with E-state index >= 15 is 0 Å². The van der Waals surface area contributed by atoms with Gasteiger partial charge in [0.05, 0.1) is 6.26 Å². The van der Waals surface area contributed by atoms with E-state index in [4.69, 9.17) is 15.9 Å². The SMILES string of the molecule is C=CO.NCCCO. The van der Waals surface area contributed by atoms with Crippen molar-refractivity contribution in [1.82, 2.24) is 0 Å². The number of aliphatic hydroxyl groups excluding tert-OH is 2. The molecule has 0 atom stereocenters. The highest BCUT2D eigenvalue weighted by molar-refractivity contribution is 4.38. The summed E-state index contributed by atoms with van der Waals surface area (Å²) in [6.07, 6.45) is 1.47. The lowest BCUT2D eigenvalue weighted by Gasteiger charge is -1.80. The molecular formula is C5H13NO2. The first-order chi connectivity index (χ1) is 3.83. The Morgan fingerprint density at radius 3 is 2.00 bits per heavy atom. The number of hydrogen-bond donors (Lipinski definition) is 3. The van der Waals surface area contributed by atoms with Gasteiger partial charge >= 0.3 is 0 Å². The van der Waals surface area contributed by atoms with Gasteiger partial charge in [-0.1, -0.05) is 6.58 Å². The molecule has 0 saturated carbocycles. The van der Waals surface area contributed by atoms with E-state index in [1.54, 1.807) is 0 Å². The topological polar surface area (TPSA) is 66.5 Å². The van der Waals surface area contributed by atoms with Crippen molar-refractivity contribution in [1.29, 1.82) is 0 Å². The van der Waals surface area contributed by atoms with E-state index in [1.165, 1.54) is 0 Å². The standard InChI is InChI=1S/C3H9NO.C2H4O/c4-2-1-3-5;1-2-3/h5H,1-4H2;2-3H,1H2. The summed E-state index contributed by atoms with van der Waals surface area (Å²) in [7, 11) is 0. The van der Waals surface area contributed by atoms with Crippen LogP contribution in [-0.4, -0.2) is 23.4 Å². The molecule has 0 saturated heterocycles. The lowest BCUT2D eigenvalue weighted by molar-refractivity contribution is 0.291. The lowest BCUT2D eigenvalue weighted by atomic mass is 10.5. The summed E-state index contributed by atoms with van der Waals surface area (Å²) in [5.74, 6) is 0. The van der Waals surface area contributed by atoms with Crippen LogP contribution in [0.3, 0.4) is 0 Å². The summed E-state index contributed by atoms with van der Waals surface area (Å²) in [5.41, 5.74) is 4.98. The molecule has 0 aliphatic heterocycles. The van der Waals surface area contributed by atoms with Crippen molar-refractivity contribution in [3.05, 3.63) is 12.8 Å². The summed E-state index contributed by atoms with van der Waals surface area (Å²) in [6, 6.07) is 0. The zero-order valence-corrected chi connectivity index (χ0v) is 4.88. The molecule has 3 heteroatoms. The van der Waals surface area contributed by atoms with Gasteiger partial charge < -0.3 is 15.9 Å². The van der Waals surface area contributed by atoms with Crippen molar-refractivity contribution in [2.24, 2.45) is 5.73 Å². The molecule has 0 spiro atoms. The molecule has 3 nitrogen and oxygen atoms in total. The summed E-state index contributed by atoms with van der Waals surface area (Å²) >= 11 is 0. The molecule has 0 heterocycles. The molecular weight excluding hydrogens is 106 g/mol. The Labute approximate surface area is 49.4 Å². The van der Waals surface area contributed by atoms with E-state index in [0.717, 1.165) is 12.7 Å². The zero-order valence-electron chi connectivity index (χ0n) is 4.88. The van der Waals surface area contributed by atoms with Gasteiger partial charge in [0.25, 0.3) is 0 Å². The van der Waals surface area contributed by atoms with Crippen molar-refractivity contribution < 1.29 is 10.2 Å². The number of hydrogen-bond acceptors (Lipinski definition) is 3. The van der Waals surface area contributed by atoms with Crippen LogP contribution in [0.1, 0.15) is 6.42 Å². The first-order valence-electron chi connectivity index (χ1n) is 2.39. The third-order valence-electron chi connectivity index (χ3n) is 0.362. The minimum absolute atomic E-state index is 0.219. The van der Waals surface area contributed by atoms with Crippen molar-refractivity contribution in [2.75, 3.05) is 13.2 Å². The second-order valence-electron chi connectivity index (χ2n) is 1.05. The van der Waals surface area contributed by atoms with Crippen molar-refractivity contribution in [2.45, 2.75) is 6.42 Å². The van der Waals surface area contributed by atoms with Gasteiger partial charge in [-0.3, -0.25) is 0 Å². The normalized spacial score (nSPS) is 6.75. The Bertz CT molecular complexity index is 37.4. The maximum atomic E-state index is 7.99. The van der Waals surface area contributed by atoms with Gasteiger partial charge in [0.1, 0.15) is 0 Å². The van der Waals surface area contributed by atoms with E-state index in [0.29, 0.717) is 6.54 Å². The van der Waals surface area contributed by atoms with Gasteiger partial charge in [-0.05, 0) is 13.0 Å². The van der Waals surface area contributed by atoms with Gasteiger partial charge in [-0.25, -0.2) is 0 Å². The summed E-state index contributed by atoms with van der Waals surface area (Å²) in [5, 5.41) is 15.3. The molecule has 0 unspecified atom stereocenters. The van der Waals surface area contributed by atoms with Gasteiger partial charge in [0.15, 0.2) is 0 Å². The second kappa shape index (κ2) is 16.1. The molecule has 0 aromatic rings. The average Bonchev–Trinajstić information content (AvgIpc) is 1.71. The van der Waals surface area contributed by atoms with E-state index in [2.05, 4.69) is 6.58 Å². The van der Waals surface area contributed by atoms with Crippen LogP contribution in [0.5, 0.6) is 0 Å². The van der Waals surface area contributed by atoms with E-state index in [9.17, 15) is 0 Å². The molecule has 0 bridgehead atoms. The third-order valence-corrected chi connectivity index (χ3v) is 0.362. The molecule has 50 valence electrons. The van der Waals surface area contributed by atoms with E-state index in [-0.39, 0.29) is 6.61 Å². The van der Waals surface area contributed by atoms with Crippen molar-refractivity contribution >= 4 is 0 Å². The van der Waals surface area contributed by atoms with Gasteiger partial charge in [0.2, 0.25) is 0 Å². The molecule has 8 heavy (non-hydrogen) atoms. The Hall–Kier alpha value is -0.540. The minimum Gasteiger partial charge on any atom is -0.516 e. The van der Waals surface area contributed by atoms with Crippen LogP contribution < -0.4 is 5.73 Å². The first kappa shape index (κ1) is 10.4. The van der Waals surface area contributed by atoms with E-state index < -0.39 is 0 Å². The zero-order chi connectivity index (χ0) is 6.83. The molecule has 0 rings (SSSR count). The highest BCUT2D eigenvalue weighted by atomic mass is 16.3. The molecule has 0 fully saturated rings. The smallest absolute Gasteiger partial charge is 0.0719 e. The average molecular weight is 119 g/mol. The summed E-state index contributed by atoms with van der Waals surface area (Å²) < 4.78 is 0. The fraction of sp³-hybridized carbons (Fsp3) is 0.600. The number of rotatable bonds is 2. The Morgan fingerprint density at radius 2 is 2.00 bits per heavy atom. The lowest BCUT2D eigenvalue weighted by Crippen LogP contribution is -1.99. The van der Waals surface area contributed by atoms with Crippen LogP contribution in [0.2, 0.25) is 0 Å². The van der Waals surface area contributed by atoms with Crippen LogP contribution in [0.15, 0.2) is 12.8 Å². The predicted octanol–water partition coefficient (Wildman–Crippen LogP) is 0.0154. The van der Waals surface area contributed by atoms with Crippen LogP contribution in [0, 0.1) is 0 Å². The highest BCUT2D eigenvalue weighted by Gasteiger charge is 1.69. The second-order valence-corrected chi connectivity index (χ2v) is 1.05. The largest absolute Gasteiger partial charge is 0.516 e. The molecule has 0 amide bonds. The van der Waals surface area contributed by atoms with Crippen LogP contribution in [0.25, 0.3) is 0 Å². The number of nitrogens with two attached hydrogens (primary N) is 1. The van der Waals surface area contributed by atoms with Crippen LogP contribution in [-0.2, 0) is 0 Å². The Balaban J connectivity index is 0.